The second kappa shape index (κ2) is 8.69. The SMILES string of the molecule is Cc1ccc(OCC2CO[C@@H](Cn3cncn3)C(c3ccc(F)cc3F)C2)cc1. The fourth-order valence-corrected chi connectivity index (χ4v) is 3.74. The first-order chi connectivity index (χ1) is 14.1. The molecule has 0 saturated carbocycles. The van der Waals surface area contributed by atoms with Crippen molar-refractivity contribution in [2.75, 3.05) is 13.2 Å². The third-order valence-electron chi connectivity index (χ3n) is 5.28. The molecule has 7 heteroatoms. The number of halogens is 2. The van der Waals surface area contributed by atoms with E-state index in [9.17, 15) is 8.78 Å². The maximum Gasteiger partial charge on any atom is 0.137 e. The van der Waals surface area contributed by atoms with Gasteiger partial charge in [0.1, 0.15) is 30.0 Å². The maximum atomic E-state index is 14.5. The zero-order valence-corrected chi connectivity index (χ0v) is 16.2. The maximum absolute atomic E-state index is 14.5. The van der Waals surface area contributed by atoms with E-state index in [1.165, 1.54) is 24.0 Å². The van der Waals surface area contributed by atoms with Crippen LogP contribution in [-0.2, 0) is 11.3 Å². The average molecular weight is 399 g/mol. The van der Waals surface area contributed by atoms with E-state index in [4.69, 9.17) is 9.47 Å². The van der Waals surface area contributed by atoms with Gasteiger partial charge in [0, 0.05) is 17.9 Å². The lowest BCUT2D eigenvalue weighted by molar-refractivity contribution is -0.0516. The standard InChI is InChI=1S/C22H23F2N3O2/c1-15-2-5-18(6-3-15)28-11-16-8-20(19-7-4-17(23)9-21(19)24)22(29-12-16)10-27-14-25-13-26-27/h2-7,9,13-14,16,20,22H,8,10-12H2,1H3/t16?,20?,22-/m0/s1. The zero-order valence-electron chi connectivity index (χ0n) is 16.2. The van der Waals surface area contributed by atoms with Crippen molar-refractivity contribution in [2.45, 2.75) is 31.9 Å². The molecular formula is C22H23F2N3O2. The molecule has 1 aliphatic rings. The van der Waals surface area contributed by atoms with Gasteiger partial charge < -0.3 is 9.47 Å². The van der Waals surface area contributed by atoms with Gasteiger partial charge in [0.15, 0.2) is 0 Å². The summed E-state index contributed by atoms with van der Waals surface area (Å²) in [5.74, 6) is -0.486. The van der Waals surface area contributed by atoms with Crippen LogP contribution in [0.4, 0.5) is 8.78 Å². The molecule has 4 rings (SSSR count). The number of aryl methyl sites for hydroxylation is 1. The Hall–Kier alpha value is -2.80. The van der Waals surface area contributed by atoms with Crippen molar-refractivity contribution in [3.05, 3.63) is 77.9 Å². The summed E-state index contributed by atoms with van der Waals surface area (Å²) in [6.45, 7) is 3.45. The number of rotatable bonds is 6. The normalized spacial score (nSPS) is 21.8. The average Bonchev–Trinajstić information content (AvgIpc) is 3.22. The Balaban J connectivity index is 1.49. The molecule has 2 unspecified atom stereocenters. The van der Waals surface area contributed by atoms with Gasteiger partial charge in [-0.15, -0.1) is 0 Å². The molecule has 0 aliphatic carbocycles. The summed E-state index contributed by atoms with van der Waals surface area (Å²) in [5, 5.41) is 4.12. The van der Waals surface area contributed by atoms with Gasteiger partial charge in [-0.1, -0.05) is 23.8 Å². The Morgan fingerprint density at radius 3 is 2.72 bits per heavy atom. The fourth-order valence-electron chi connectivity index (χ4n) is 3.74. The lowest BCUT2D eigenvalue weighted by Crippen LogP contribution is -2.38. The number of hydrogen-bond acceptors (Lipinski definition) is 4. The van der Waals surface area contributed by atoms with Gasteiger partial charge in [-0.05, 0) is 37.1 Å². The summed E-state index contributed by atoms with van der Waals surface area (Å²) < 4.78 is 41.6. The summed E-state index contributed by atoms with van der Waals surface area (Å²) in [6, 6.07) is 11.6. The molecule has 0 N–H and O–H groups in total. The third kappa shape index (κ3) is 4.79. The van der Waals surface area contributed by atoms with E-state index < -0.39 is 11.6 Å². The van der Waals surface area contributed by atoms with Gasteiger partial charge in [-0.3, -0.25) is 4.68 Å². The van der Waals surface area contributed by atoms with E-state index in [-0.39, 0.29) is 17.9 Å². The van der Waals surface area contributed by atoms with Crippen LogP contribution >= 0.6 is 0 Å². The van der Waals surface area contributed by atoms with Crippen LogP contribution in [-0.4, -0.2) is 34.1 Å². The molecule has 3 aromatic rings. The number of nitrogens with zero attached hydrogens (tertiary/aromatic N) is 3. The van der Waals surface area contributed by atoms with Crippen LogP contribution in [0.15, 0.2) is 55.1 Å². The number of aromatic nitrogens is 3. The van der Waals surface area contributed by atoms with E-state index in [0.717, 1.165) is 11.8 Å². The van der Waals surface area contributed by atoms with Gasteiger partial charge in [0.2, 0.25) is 0 Å². The van der Waals surface area contributed by atoms with Gasteiger partial charge in [0.25, 0.3) is 0 Å². The monoisotopic (exact) mass is 399 g/mol. The van der Waals surface area contributed by atoms with Crippen LogP contribution in [0.2, 0.25) is 0 Å². The first-order valence-electron chi connectivity index (χ1n) is 9.67. The third-order valence-corrected chi connectivity index (χ3v) is 5.28. The minimum Gasteiger partial charge on any atom is -0.493 e. The highest BCUT2D eigenvalue weighted by Gasteiger charge is 2.35. The lowest BCUT2D eigenvalue weighted by Gasteiger charge is -2.36. The molecule has 2 aromatic carbocycles. The molecule has 0 amide bonds. The van der Waals surface area contributed by atoms with Crippen molar-refractivity contribution in [1.82, 2.24) is 14.8 Å². The van der Waals surface area contributed by atoms with Gasteiger partial charge >= 0.3 is 0 Å². The van der Waals surface area contributed by atoms with Crippen molar-refractivity contribution in [3.63, 3.8) is 0 Å². The van der Waals surface area contributed by atoms with Crippen LogP contribution in [0.1, 0.15) is 23.5 Å². The van der Waals surface area contributed by atoms with Gasteiger partial charge in [-0.25, -0.2) is 13.8 Å². The molecule has 5 nitrogen and oxygen atoms in total. The number of benzene rings is 2. The van der Waals surface area contributed by atoms with E-state index >= 15 is 0 Å². The Kier molecular flexibility index (Phi) is 5.85. The molecule has 2 heterocycles. The summed E-state index contributed by atoms with van der Waals surface area (Å²) in [6.07, 6.45) is 3.45. The second-order valence-corrected chi connectivity index (χ2v) is 7.49. The molecule has 0 radical (unpaired) electrons. The molecule has 152 valence electrons. The minimum atomic E-state index is -0.588. The summed E-state index contributed by atoms with van der Waals surface area (Å²) >= 11 is 0. The van der Waals surface area contributed by atoms with Crippen LogP contribution in [0.25, 0.3) is 0 Å². The summed E-state index contributed by atoms with van der Waals surface area (Å²) in [5.41, 5.74) is 1.62. The first kappa shape index (κ1) is 19.5. The molecule has 1 aromatic heterocycles. The molecule has 0 spiro atoms. The molecule has 1 aliphatic heterocycles. The van der Waals surface area contributed by atoms with Gasteiger partial charge in [-0.2, -0.15) is 5.10 Å². The molecule has 1 saturated heterocycles. The van der Waals surface area contributed by atoms with Crippen molar-refractivity contribution in [2.24, 2.45) is 5.92 Å². The number of hydrogen-bond donors (Lipinski definition) is 0. The van der Waals surface area contributed by atoms with Crippen molar-refractivity contribution >= 4 is 0 Å². The lowest BCUT2D eigenvalue weighted by atomic mass is 9.82. The molecular weight excluding hydrogens is 376 g/mol. The highest BCUT2D eigenvalue weighted by atomic mass is 19.1. The smallest absolute Gasteiger partial charge is 0.137 e. The number of ether oxygens (including phenoxy) is 2. The van der Waals surface area contributed by atoms with Crippen LogP contribution in [0.5, 0.6) is 5.75 Å². The van der Waals surface area contributed by atoms with Crippen LogP contribution in [0.3, 0.4) is 0 Å². The minimum absolute atomic E-state index is 0.0951. The Bertz CT molecular complexity index is 932. The highest BCUT2D eigenvalue weighted by molar-refractivity contribution is 5.27. The topological polar surface area (TPSA) is 49.2 Å². The second-order valence-electron chi connectivity index (χ2n) is 7.49. The molecule has 29 heavy (non-hydrogen) atoms. The fraction of sp³-hybridized carbons (Fsp3) is 0.364. The predicted molar refractivity (Wildman–Crippen MR) is 104 cm³/mol. The highest BCUT2D eigenvalue weighted by Crippen LogP contribution is 2.36. The molecule has 0 bridgehead atoms. The van der Waals surface area contributed by atoms with Crippen molar-refractivity contribution in [1.29, 1.82) is 0 Å². The summed E-state index contributed by atoms with van der Waals surface area (Å²) in [7, 11) is 0. The Morgan fingerprint density at radius 2 is 2.00 bits per heavy atom. The van der Waals surface area contributed by atoms with Crippen molar-refractivity contribution in [3.8, 4) is 5.75 Å². The van der Waals surface area contributed by atoms with Crippen molar-refractivity contribution < 1.29 is 18.3 Å². The Labute approximate surface area is 168 Å². The molecule has 1 fully saturated rings. The molecule has 3 atom stereocenters. The Morgan fingerprint density at radius 1 is 1.17 bits per heavy atom. The quantitative estimate of drug-likeness (QED) is 0.625. The van der Waals surface area contributed by atoms with Crippen LogP contribution in [0, 0.1) is 24.5 Å². The first-order valence-corrected chi connectivity index (χ1v) is 9.67. The predicted octanol–water partition coefficient (Wildman–Crippen LogP) is 4.13. The van der Waals surface area contributed by atoms with Gasteiger partial charge in [0.05, 0.1) is 25.9 Å². The van der Waals surface area contributed by atoms with E-state index in [0.29, 0.717) is 31.7 Å². The zero-order chi connectivity index (χ0) is 20.2. The van der Waals surface area contributed by atoms with E-state index in [1.54, 1.807) is 11.0 Å². The largest absolute Gasteiger partial charge is 0.493 e. The van der Waals surface area contributed by atoms with Crippen LogP contribution < -0.4 is 4.74 Å². The summed E-state index contributed by atoms with van der Waals surface area (Å²) in [4.78, 5) is 3.95. The van der Waals surface area contributed by atoms with E-state index in [2.05, 4.69) is 10.1 Å². The van der Waals surface area contributed by atoms with E-state index in [1.807, 2.05) is 31.2 Å².